The maximum absolute atomic E-state index is 12.9. The number of aryl methyl sites for hydroxylation is 1. The first-order valence-corrected chi connectivity index (χ1v) is 11.4. The fraction of sp³-hybridized carbons (Fsp3) is 0.762. The molecule has 2 fully saturated rings. The van der Waals surface area contributed by atoms with Gasteiger partial charge in [0.05, 0.1) is 17.2 Å². The molecule has 0 bridgehead atoms. The zero-order chi connectivity index (χ0) is 20.3. The number of carbonyl (C=O) groups excluding carboxylic acids is 2. The van der Waals surface area contributed by atoms with E-state index in [2.05, 4.69) is 30.7 Å². The van der Waals surface area contributed by atoms with Crippen molar-refractivity contribution in [1.82, 2.24) is 19.7 Å². The topological polar surface area (TPSA) is 56.8 Å². The minimum absolute atomic E-state index is 0.0978. The van der Waals surface area contributed by atoms with Gasteiger partial charge in [0.15, 0.2) is 0 Å². The largest absolute Gasteiger partial charge is 0.339 e. The first-order valence-electron chi connectivity index (χ1n) is 10.6. The van der Waals surface area contributed by atoms with Gasteiger partial charge in [-0.2, -0.15) is 0 Å². The summed E-state index contributed by atoms with van der Waals surface area (Å²) in [5, 5.41) is 1.05. The van der Waals surface area contributed by atoms with Crippen LogP contribution in [-0.2, 0) is 11.2 Å². The lowest BCUT2D eigenvalue weighted by molar-refractivity contribution is -0.136. The number of aromatic nitrogens is 1. The summed E-state index contributed by atoms with van der Waals surface area (Å²) in [7, 11) is 0. The van der Waals surface area contributed by atoms with Crippen molar-refractivity contribution in [2.75, 3.05) is 39.3 Å². The molecule has 0 saturated carbocycles. The second-order valence-electron chi connectivity index (χ2n) is 8.62. The van der Waals surface area contributed by atoms with E-state index < -0.39 is 0 Å². The lowest BCUT2D eigenvalue weighted by Crippen LogP contribution is -2.53. The van der Waals surface area contributed by atoms with Gasteiger partial charge in [-0.25, -0.2) is 4.98 Å². The Bertz CT molecular complexity index is 695. The fourth-order valence-electron chi connectivity index (χ4n) is 4.09. The van der Waals surface area contributed by atoms with Gasteiger partial charge in [0.1, 0.15) is 4.88 Å². The molecule has 0 radical (unpaired) electrons. The van der Waals surface area contributed by atoms with E-state index in [9.17, 15) is 9.59 Å². The first-order chi connectivity index (χ1) is 13.3. The zero-order valence-corrected chi connectivity index (χ0v) is 18.6. The van der Waals surface area contributed by atoms with Crippen molar-refractivity contribution in [2.24, 2.45) is 5.92 Å². The minimum atomic E-state index is 0.0978. The maximum Gasteiger partial charge on any atom is 0.265 e. The highest BCUT2D eigenvalue weighted by molar-refractivity contribution is 7.13. The van der Waals surface area contributed by atoms with E-state index in [0.29, 0.717) is 31.6 Å². The lowest BCUT2D eigenvalue weighted by Gasteiger charge is -2.38. The third-order valence-corrected chi connectivity index (χ3v) is 6.93. The number of likely N-dealkylation sites (tertiary alicyclic amines) is 1. The molecule has 1 aromatic heterocycles. The molecule has 1 unspecified atom stereocenters. The van der Waals surface area contributed by atoms with Gasteiger partial charge in [0, 0.05) is 45.2 Å². The summed E-state index contributed by atoms with van der Waals surface area (Å²) in [6.45, 7) is 12.7. The van der Waals surface area contributed by atoms with E-state index in [4.69, 9.17) is 0 Å². The van der Waals surface area contributed by atoms with E-state index in [0.717, 1.165) is 54.5 Å². The van der Waals surface area contributed by atoms with Crippen LogP contribution in [0.3, 0.4) is 0 Å². The molecule has 7 heteroatoms. The smallest absolute Gasteiger partial charge is 0.265 e. The number of carbonyl (C=O) groups is 2. The van der Waals surface area contributed by atoms with Gasteiger partial charge in [-0.05, 0) is 39.0 Å². The second-order valence-corrected chi connectivity index (χ2v) is 9.70. The zero-order valence-electron chi connectivity index (χ0n) is 17.7. The summed E-state index contributed by atoms with van der Waals surface area (Å²) in [5.74, 6) is 0.876. The van der Waals surface area contributed by atoms with Gasteiger partial charge < -0.3 is 9.80 Å². The molecular formula is C21H34N4O2S. The predicted molar refractivity (Wildman–Crippen MR) is 113 cm³/mol. The molecule has 3 heterocycles. The number of amides is 2. The molecule has 28 heavy (non-hydrogen) atoms. The molecule has 6 nitrogen and oxygen atoms in total. The third-order valence-electron chi connectivity index (χ3n) is 5.76. The van der Waals surface area contributed by atoms with Crippen molar-refractivity contribution in [2.45, 2.75) is 59.4 Å². The molecular weight excluding hydrogens is 372 g/mol. The summed E-state index contributed by atoms with van der Waals surface area (Å²) in [6.07, 6.45) is 4.37. The van der Waals surface area contributed by atoms with E-state index in [1.165, 1.54) is 6.42 Å². The SMILES string of the molecule is Cc1nc(CC(C)C)sc1C(=O)N1CCN(CC(=O)N2CCCCC2C)CC1. The molecule has 156 valence electrons. The van der Waals surface area contributed by atoms with Crippen molar-refractivity contribution < 1.29 is 9.59 Å². The van der Waals surface area contributed by atoms with Gasteiger partial charge in [-0.15, -0.1) is 11.3 Å². The van der Waals surface area contributed by atoms with Crippen LogP contribution in [0.15, 0.2) is 0 Å². The average molecular weight is 407 g/mol. The quantitative estimate of drug-likeness (QED) is 0.755. The standard InChI is InChI=1S/C21H34N4O2S/c1-15(2)13-18-22-17(4)20(28-18)21(27)24-11-9-23(10-12-24)14-19(26)25-8-6-5-7-16(25)3/h15-16H,5-14H2,1-4H3. The third kappa shape index (κ3) is 5.11. The Balaban J connectivity index is 1.51. The van der Waals surface area contributed by atoms with Crippen molar-refractivity contribution in [1.29, 1.82) is 0 Å². The number of piperazine rings is 1. The van der Waals surface area contributed by atoms with Gasteiger partial charge in [0.25, 0.3) is 5.91 Å². The molecule has 3 rings (SSSR count). The Hall–Kier alpha value is -1.47. The first kappa shape index (κ1) is 21.2. The van der Waals surface area contributed by atoms with Crippen molar-refractivity contribution in [3.8, 4) is 0 Å². The minimum Gasteiger partial charge on any atom is -0.339 e. The molecule has 0 N–H and O–H groups in total. The molecule has 2 aliphatic heterocycles. The molecule has 1 aromatic rings. The molecule has 0 aromatic carbocycles. The summed E-state index contributed by atoms with van der Waals surface area (Å²) in [4.78, 5) is 37.1. The van der Waals surface area contributed by atoms with Gasteiger partial charge in [-0.1, -0.05) is 13.8 Å². The van der Waals surface area contributed by atoms with Crippen LogP contribution in [0.2, 0.25) is 0 Å². The fourth-order valence-corrected chi connectivity index (χ4v) is 5.34. The van der Waals surface area contributed by atoms with E-state index >= 15 is 0 Å². The molecule has 1 atom stereocenters. The van der Waals surface area contributed by atoms with Crippen LogP contribution < -0.4 is 0 Å². The molecule has 2 saturated heterocycles. The summed E-state index contributed by atoms with van der Waals surface area (Å²) < 4.78 is 0. The Labute approximate surface area is 172 Å². The normalized spacial score (nSPS) is 21.4. The molecule has 0 aliphatic carbocycles. The number of rotatable bonds is 5. The molecule has 2 amide bonds. The molecule has 2 aliphatic rings. The summed E-state index contributed by atoms with van der Waals surface area (Å²) in [6, 6.07) is 0.360. The second kappa shape index (κ2) is 9.35. The lowest BCUT2D eigenvalue weighted by atomic mass is 10.0. The van der Waals surface area contributed by atoms with Crippen LogP contribution >= 0.6 is 11.3 Å². The average Bonchev–Trinajstić information content (AvgIpc) is 3.01. The van der Waals surface area contributed by atoms with Crippen LogP contribution in [0.5, 0.6) is 0 Å². The van der Waals surface area contributed by atoms with Crippen molar-refractivity contribution in [3.05, 3.63) is 15.6 Å². The van der Waals surface area contributed by atoms with E-state index in [1.54, 1.807) is 11.3 Å². The van der Waals surface area contributed by atoms with Crippen LogP contribution in [0.1, 0.15) is 60.4 Å². The van der Waals surface area contributed by atoms with Crippen molar-refractivity contribution >= 4 is 23.2 Å². The Morgan fingerprint density at radius 1 is 1.14 bits per heavy atom. The van der Waals surface area contributed by atoms with Gasteiger partial charge in [-0.3, -0.25) is 14.5 Å². The number of piperidine rings is 1. The van der Waals surface area contributed by atoms with Crippen LogP contribution in [0, 0.1) is 12.8 Å². The predicted octanol–water partition coefficient (Wildman–Crippen LogP) is 2.81. The molecule has 0 spiro atoms. The summed E-state index contributed by atoms with van der Waals surface area (Å²) >= 11 is 1.54. The van der Waals surface area contributed by atoms with E-state index in [-0.39, 0.29) is 11.8 Å². The Morgan fingerprint density at radius 3 is 2.50 bits per heavy atom. The van der Waals surface area contributed by atoms with Crippen LogP contribution in [0.25, 0.3) is 0 Å². The maximum atomic E-state index is 12.9. The number of thiazole rings is 1. The van der Waals surface area contributed by atoms with Crippen molar-refractivity contribution in [3.63, 3.8) is 0 Å². The van der Waals surface area contributed by atoms with Gasteiger partial charge >= 0.3 is 0 Å². The van der Waals surface area contributed by atoms with Crippen LogP contribution in [-0.4, -0.2) is 76.8 Å². The van der Waals surface area contributed by atoms with Gasteiger partial charge in [0.2, 0.25) is 5.91 Å². The highest BCUT2D eigenvalue weighted by Gasteiger charge is 2.29. The highest BCUT2D eigenvalue weighted by atomic mass is 32.1. The highest BCUT2D eigenvalue weighted by Crippen LogP contribution is 2.23. The Kier molecular flexibility index (Phi) is 7.10. The van der Waals surface area contributed by atoms with E-state index in [1.807, 2.05) is 16.7 Å². The van der Waals surface area contributed by atoms with Crippen LogP contribution in [0.4, 0.5) is 0 Å². The Morgan fingerprint density at radius 2 is 1.86 bits per heavy atom. The number of nitrogens with zero attached hydrogens (tertiary/aromatic N) is 4. The number of hydrogen-bond acceptors (Lipinski definition) is 5. The number of hydrogen-bond donors (Lipinski definition) is 0. The summed E-state index contributed by atoms with van der Waals surface area (Å²) in [5.41, 5.74) is 0.849. The monoisotopic (exact) mass is 406 g/mol.